The minimum absolute atomic E-state index is 0.145. The Kier molecular flexibility index (Phi) is 3.78. The van der Waals surface area contributed by atoms with Gasteiger partial charge < -0.3 is 10.5 Å². The predicted molar refractivity (Wildman–Crippen MR) is 70.3 cm³/mol. The number of hydrogen-bond acceptors (Lipinski definition) is 2. The number of amides is 2. The van der Waals surface area contributed by atoms with Crippen LogP contribution in [0.5, 0.6) is 0 Å². The van der Waals surface area contributed by atoms with E-state index in [1.54, 1.807) is 18.2 Å². The number of urea groups is 1. The zero-order valence-corrected chi connectivity index (χ0v) is 10.8. The molecule has 1 aromatic carbocycles. The van der Waals surface area contributed by atoms with Crippen LogP contribution in [0.15, 0.2) is 58.1 Å². The number of carbonyl (C=O) groups excluding carboxylic acids is 1. The van der Waals surface area contributed by atoms with Gasteiger partial charge in [-0.05, 0) is 40.2 Å². The van der Waals surface area contributed by atoms with E-state index in [4.69, 9.17) is 0 Å². The van der Waals surface area contributed by atoms with Gasteiger partial charge in [0.1, 0.15) is 0 Å². The van der Waals surface area contributed by atoms with Gasteiger partial charge in [-0.25, -0.2) is 4.79 Å². The fraction of sp³-hybridized carbons (Fsp3) is 0. The molecule has 2 N–H and O–H groups in total. The molecule has 2 rings (SSSR count). The van der Waals surface area contributed by atoms with Crippen LogP contribution in [0, 0.1) is 0 Å². The third-order valence-corrected chi connectivity index (χ3v) is 2.58. The van der Waals surface area contributed by atoms with Crippen molar-refractivity contribution >= 4 is 27.6 Å². The average molecular weight is 308 g/mol. The van der Waals surface area contributed by atoms with Crippen molar-refractivity contribution in [1.29, 1.82) is 0 Å². The van der Waals surface area contributed by atoms with Crippen LogP contribution in [0.2, 0.25) is 0 Å². The Bertz CT molecular complexity index is 623. The summed E-state index contributed by atoms with van der Waals surface area (Å²) in [6.07, 6.45) is 1.40. The number of anilines is 1. The quantitative estimate of drug-likeness (QED) is 0.795. The number of nitrogens with one attached hydrogen (secondary N) is 1. The van der Waals surface area contributed by atoms with Gasteiger partial charge in [-0.1, -0.05) is 18.2 Å². The Balaban J connectivity index is 2.20. The molecule has 6 heteroatoms. The van der Waals surface area contributed by atoms with Crippen LogP contribution in [0.1, 0.15) is 0 Å². The van der Waals surface area contributed by atoms with E-state index in [9.17, 15) is 10.0 Å². The Morgan fingerprint density at radius 2 is 1.94 bits per heavy atom. The van der Waals surface area contributed by atoms with Gasteiger partial charge in [0, 0.05) is 10.2 Å². The van der Waals surface area contributed by atoms with Crippen LogP contribution < -0.4 is 10.8 Å². The van der Waals surface area contributed by atoms with Crippen LogP contribution in [-0.2, 0) is 0 Å². The molecule has 0 spiro atoms. The fourth-order valence-electron chi connectivity index (χ4n) is 1.32. The number of benzene rings is 1. The van der Waals surface area contributed by atoms with Crippen molar-refractivity contribution < 1.29 is 10.0 Å². The molecule has 1 aromatic heterocycles. The van der Waals surface area contributed by atoms with Crippen molar-refractivity contribution in [2.45, 2.75) is 0 Å². The molecule has 0 fully saturated rings. The summed E-state index contributed by atoms with van der Waals surface area (Å²) in [4.78, 5) is 15.3. The molecule has 2 aromatic rings. The third-order valence-electron chi connectivity index (χ3n) is 2.11. The maximum atomic E-state index is 11.6. The van der Waals surface area contributed by atoms with E-state index in [1.165, 1.54) is 12.3 Å². The smallest absolute Gasteiger partial charge is 0.347 e. The molecule has 0 atom stereocenters. The molecule has 5 nitrogen and oxygen atoms in total. The second-order valence-electron chi connectivity index (χ2n) is 3.46. The molecule has 0 aliphatic heterocycles. The van der Waals surface area contributed by atoms with Crippen LogP contribution in [0.3, 0.4) is 0 Å². The second-order valence-corrected chi connectivity index (χ2v) is 4.37. The van der Waals surface area contributed by atoms with Crippen molar-refractivity contribution in [2.24, 2.45) is 4.99 Å². The molecule has 0 aliphatic rings. The number of para-hydroxylation sites is 1. The first kappa shape index (κ1) is 12.4. The van der Waals surface area contributed by atoms with Crippen LogP contribution in [-0.4, -0.2) is 16.0 Å². The van der Waals surface area contributed by atoms with E-state index in [0.717, 1.165) is 4.73 Å². The maximum Gasteiger partial charge on any atom is 0.347 e. The van der Waals surface area contributed by atoms with Gasteiger partial charge in [0.2, 0.25) is 0 Å². The number of carbonyl (C=O) groups is 1. The Morgan fingerprint density at radius 1 is 1.22 bits per heavy atom. The first-order chi connectivity index (χ1) is 8.65. The van der Waals surface area contributed by atoms with Crippen LogP contribution in [0.4, 0.5) is 10.5 Å². The molecule has 0 bridgehead atoms. The highest BCUT2D eigenvalue weighted by Crippen LogP contribution is 2.05. The largest absolute Gasteiger partial charge is 0.427 e. The summed E-state index contributed by atoms with van der Waals surface area (Å²) in [5.41, 5.74) is 0.791. The molecule has 0 unspecified atom stereocenters. The Hall–Kier alpha value is -2.08. The van der Waals surface area contributed by atoms with Crippen molar-refractivity contribution in [3.05, 3.63) is 58.6 Å². The SMILES string of the molecule is O=C(/N=c1\ccc(Br)cn1O)Nc1ccccc1. The van der Waals surface area contributed by atoms with E-state index in [-0.39, 0.29) is 5.49 Å². The molecule has 0 radical (unpaired) electrons. The molecular weight excluding hydrogens is 298 g/mol. The molecular formula is C12H10BrN3O2. The Labute approximate surface area is 112 Å². The summed E-state index contributed by atoms with van der Waals surface area (Å²) in [7, 11) is 0. The monoisotopic (exact) mass is 307 g/mol. The van der Waals surface area contributed by atoms with Gasteiger partial charge in [0.15, 0.2) is 5.49 Å². The first-order valence-electron chi connectivity index (χ1n) is 5.13. The fourth-order valence-corrected chi connectivity index (χ4v) is 1.65. The summed E-state index contributed by atoms with van der Waals surface area (Å²) >= 11 is 3.19. The molecule has 0 aliphatic carbocycles. The summed E-state index contributed by atoms with van der Waals surface area (Å²) in [6.45, 7) is 0. The highest BCUT2D eigenvalue weighted by molar-refractivity contribution is 9.10. The van der Waals surface area contributed by atoms with Crippen molar-refractivity contribution in [3.63, 3.8) is 0 Å². The van der Waals surface area contributed by atoms with Gasteiger partial charge in [-0.15, -0.1) is 0 Å². The normalized spacial score (nSPS) is 11.3. The summed E-state index contributed by atoms with van der Waals surface area (Å²) < 4.78 is 1.46. The highest BCUT2D eigenvalue weighted by Gasteiger charge is 2.00. The molecule has 2 amide bonds. The molecule has 0 saturated carbocycles. The Morgan fingerprint density at radius 3 is 2.61 bits per heavy atom. The van der Waals surface area contributed by atoms with Gasteiger partial charge in [-0.3, -0.25) is 0 Å². The maximum absolute atomic E-state index is 11.6. The number of aromatic nitrogens is 1. The standard InChI is InChI=1S/C12H10BrN3O2/c13-9-6-7-11(16(18)8-9)15-12(17)14-10-4-2-1-3-5-10/h1-8,18H,(H,14,17)/b15-11+. The lowest BCUT2D eigenvalue weighted by Gasteiger charge is -2.01. The van der Waals surface area contributed by atoms with E-state index >= 15 is 0 Å². The van der Waals surface area contributed by atoms with Crippen LogP contribution >= 0.6 is 15.9 Å². The third kappa shape index (κ3) is 3.21. The zero-order valence-electron chi connectivity index (χ0n) is 9.25. The van der Waals surface area contributed by atoms with Crippen molar-refractivity contribution in [3.8, 4) is 0 Å². The van der Waals surface area contributed by atoms with Gasteiger partial charge >= 0.3 is 6.03 Å². The number of hydrogen-bond donors (Lipinski definition) is 2. The minimum Gasteiger partial charge on any atom is -0.427 e. The van der Waals surface area contributed by atoms with Gasteiger partial charge in [-0.2, -0.15) is 9.72 Å². The van der Waals surface area contributed by atoms with Crippen molar-refractivity contribution in [1.82, 2.24) is 4.73 Å². The van der Waals surface area contributed by atoms with E-state index in [0.29, 0.717) is 10.2 Å². The van der Waals surface area contributed by atoms with Crippen LogP contribution in [0.25, 0.3) is 0 Å². The lowest BCUT2D eigenvalue weighted by atomic mass is 10.3. The number of pyridine rings is 1. The lowest BCUT2D eigenvalue weighted by molar-refractivity contribution is 0.171. The zero-order chi connectivity index (χ0) is 13.0. The van der Waals surface area contributed by atoms with E-state index in [2.05, 4.69) is 26.2 Å². The molecule has 18 heavy (non-hydrogen) atoms. The van der Waals surface area contributed by atoms with E-state index < -0.39 is 6.03 Å². The minimum atomic E-state index is -0.550. The lowest BCUT2D eigenvalue weighted by Crippen LogP contribution is -2.21. The molecule has 1 heterocycles. The molecule has 92 valence electrons. The van der Waals surface area contributed by atoms with Gasteiger partial charge in [0.25, 0.3) is 0 Å². The number of halogens is 1. The van der Waals surface area contributed by atoms with Crippen molar-refractivity contribution in [2.75, 3.05) is 5.32 Å². The topological polar surface area (TPSA) is 66.6 Å². The number of nitrogens with zero attached hydrogens (tertiary/aromatic N) is 2. The summed E-state index contributed by atoms with van der Waals surface area (Å²) in [5, 5.41) is 12.1. The van der Waals surface area contributed by atoms with E-state index in [1.807, 2.05) is 18.2 Å². The average Bonchev–Trinajstić information content (AvgIpc) is 2.34. The summed E-state index contributed by atoms with van der Waals surface area (Å²) in [6, 6.07) is 11.6. The summed E-state index contributed by atoms with van der Waals surface area (Å²) in [5.74, 6) is 0. The van der Waals surface area contributed by atoms with Gasteiger partial charge in [0.05, 0.1) is 6.20 Å². The number of rotatable bonds is 1. The highest BCUT2D eigenvalue weighted by atomic mass is 79.9. The first-order valence-corrected chi connectivity index (χ1v) is 5.93. The molecule has 0 saturated heterocycles. The predicted octanol–water partition coefficient (Wildman–Crippen LogP) is 2.62. The second kappa shape index (κ2) is 5.50.